The summed E-state index contributed by atoms with van der Waals surface area (Å²) in [4.78, 5) is 13.2. The Kier molecular flexibility index (Phi) is 3.82. The van der Waals surface area contributed by atoms with E-state index in [1.54, 1.807) is 0 Å². The van der Waals surface area contributed by atoms with Crippen LogP contribution in [0.1, 0.15) is 13.3 Å². The molecule has 0 N–H and O–H groups in total. The first kappa shape index (κ1) is 9.81. The van der Waals surface area contributed by atoms with Crippen molar-refractivity contribution in [1.82, 2.24) is 4.90 Å². The Morgan fingerprint density at radius 3 is 3.08 bits per heavy atom. The minimum Gasteiger partial charge on any atom is -0.377 e. The van der Waals surface area contributed by atoms with Gasteiger partial charge in [-0.25, -0.2) is 0 Å². The predicted octanol–water partition coefficient (Wildman–Crippen LogP) is 0.863. The van der Waals surface area contributed by atoms with Crippen LogP contribution in [0.4, 0.5) is 0 Å². The van der Waals surface area contributed by atoms with Gasteiger partial charge in [0.25, 0.3) is 0 Å². The predicted molar refractivity (Wildman–Crippen MR) is 47.3 cm³/mol. The molecule has 0 aliphatic carbocycles. The number of amides is 1. The molecule has 1 atom stereocenters. The topological polar surface area (TPSA) is 29.5 Å². The highest BCUT2D eigenvalue weighted by molar-refractivity contribution is 6.18. The van der Waals surface area contributed by atoms with Crippen LogP contribution in [0.3, 0.4) is 0 Å². The monoisotopic (exact) mass is 191 g/mol. The summed E-state index contributed by atoms with van der Waals surface area (Å²) in [6.45, 7) is 3.99. The molecule has 4 heteroatoms. The van der Waals surface area contributed by atoms with E-state index in [4.69, 9.17) is 16.3 Å². The molecule has 1 rings (SSSR count). The van der Waals surface area contributed by atoms with Gasteiger partial charge in [-0.3, -0.25) is 4.79 Å². The molecule has 0 unspecified atom stereocenters. The van der Waals surface area contributed by atoms with E-state index in [1.807, 2.05) is 11.8 Å². The van der Waals surface area contributed by atoms with E-state index in [1.165, 1.54) is 0 Å². The van der Waals surface area contributed by atoms with Crippen molar-refractivity contribution in [2.75, 3.05) is 25.6 Å². The molecule has 0 aromatic rings. The molecule has 0 bridgehead atoms. The number of alkyl halides is 1. The number of carbonyl (C=O) groups excluding carboxylic acids is 1. The summed E-state index contributed by atoms with van der Waals surface area (Å²) in [6.07, 6.45) is 0.436. The van der Waals surface area contributed by atoms with E-state index in [0.29, 0.717) is 32.1 Å². The van der Waals surface area contributed by atoms with Gasteiger partial charge in [0.15, 0.2) is 0 Å². The van der Waals surface area contributed by atoms with Crippen molar-refractivity contribution in [2.45, 2.75) is 19.4 Å². The highest BCUT2D eigenvalue weighted by Crippen LogP contribution is 2.08. The van der Waals surface area contributed by atoms with Crippen molar-refractivity contribution in [3.8, 4) is 0 Å². The van der Waals surface area contributed by atoms with Gasteiger partial charge in [0.2, 0.25) is 5.91 Å². The number of hydrogen-bond acceptors (Lipinski definition) is 2. The number of ether oxygens (including phenoxy) is 1. The van der Waals surface area contributed by atoms with Crippen LogP contribution < -0.4 is 0 Å². The minimum absolute atomic E-state index is 0.140. The first-order valence-electron chi connectivity index (χ1n) is 4.19. The fraction of sp³-hybridized carbons (Fsp3) is 0.875. The number of carbonyl (C=O) groups is 1. The van der Waals surface area contributed by atoms with Crippen LogP contribution in [0.25, 0.3) is 0 Å². The average Bonchev–Trinajstić information content (AvgIpc) is 2.05. The number of hydrogen-bond donors (Lipinski definition) is 0. The molecular formula is C8H14ClNO2. The van der Waals surface area contributed by atoms with Crippen molar-refractivity contribution < 1.29 is 9.53 Å². The van der Waals surface area contributed by atoms with Crippen molar-refractivity contribution in [3.05, 3.63) is 0 Å². The first-order chi connectivity index (χ1) is 5.75. The molecule has 1 fully saturated rings. The van der Waals surface area contributed by atoms with Crippen LogP contribution in [0.15, 0.2) is 0 Å². The van der Waals surface area contributed by atoms with E-state index in [0.717, 1.165) is 0 Å². The zero-order chi connectivity index (χ0) is 8.97. The van der Waals surface area contributed by atoms with Crippen LogP contribution >= 0.6 is 11.6 Å². The third-order valence-corrected chi connectivity index (χ3v) is 2.19. The van der Waals surface area contributed by atoms with E-state index >= 15 is 0 Å². The summed E-state index contributed by atoms with van der Waals surface area (Å²) < 4.78 is 5.21. The van der Waals surface area contributed by atoms with Crippen molar-refractivity contribution in [1.29, 1.82) is 0 Å². The second kappa shape index (κ2) is 4.67. The number of nitrogens with zero attached hydrogens (tertiary/aromatic N) is 1. The fourth-order valence-electron chi connectivity index (χ4n) is 1.32. The van der Waals surface area contributed by atoms with Crippen LogP contribution in [0.5, 0.6) is 0 Å². The standard InChI is InChI=1S/C8H14ClNO2/c1-7-6-12-5-4-10(7)8(11)2-3-9/h7H,2-6H2,1H3/t7-/m1/s1. The lowest BCUT2D eigenvalue weighted by Gasteiger charge is -2.33. The summed E-state index contributed by atoms with van der Waals surface area (Å²) in [5, 5.41) is 0. The summed E-state index contributed by atoms with van der Waals surface area (Å²) >= 11 is 5.48. The lowest BCUT2D eigenvalue weighted by Crippen LogP contribution is -2.47. The molecule has 0 spiro atoms. The Hall–Kier alpha value is -0.280. The van der Waals surface area contributed by atoms with Gasteiger partial charge in [0, 0.05) is 18.8 Å². The molecule has 0 radical (unpaired) electrons. The average molecular weight is 192 g/mol. The SMILES string of the molecule is C[C@@H]1COCCN1C(=O)CCCl. The van der Waals surface area contributed by atoms with Gasteiger partial charge in [0.05, 0.1) is 19.3 Å². The maximum atomic E-state index is 11.4. The van der Waals surface area contributed by atoms with Crippen molar-refractivity contribution in [2.24, 2.45) is 0 Å². The molecule has 0 saturated carbocycles. The first-order valence-corrected chi connectivity index (χ1v) is 4.72. The maximum Gasteiger partial charge on any atom is 0.224 e. The highest BCUT2D eigenvalue weighted by Gasteiger charge is 2.22. The number of morpholine rings is 1. The highest BCUT2D eigenvalue weighted by atomic mass is 35.5. The van der Waals surface area contributed by atoms with E-state index in [2.05, 4.69) is 0 Å². The van der Waals surface area contributed by atoms with Crippen LogP contribution in [0.2, 0.25) is 0 Å². The molecule has 1 heterocycles. The second-order valence-corrected chi connectivity index (χ2v) is 3.33. The van der Waals surface area contributed by atoms with Crippen molar-refractivity contribution >= 4 is 17.5 Å². The molecule has 1 amide bonds. The number of halogens is 1. The smallest absolute Gasteiger partial charge is 0.224 e. The third kappa shape index (κ3) is 2.35. The molecule has 70 valence electrons. The lowest BCUT2D eigenvalue weighted by molar-refractivity contribution is -0.138. The van der Waals surface area contributed by atoms with Crippen LogP contribution in [-0.2, 0) is 9.53 Å². The maximum absolute atomic E-state index is 11.4. The molecule has 12 heavy (non-hydrogen) atoms. The zero-order valence-electron chi connectivity index (χ0n) is 7.25. The van der Waals surface area contributed by atoms with Crippen LogP contribution in [-0.4, -0.2) is 42.5 Å². The normalized spacial score (nSPS) is 24.2. The molecule has 3 nitrogen and oxygen atoms in total. The van der Waals surface area contributed by atoms with Gasteiger partial charge in [-0.15, -0.1) is 11.6 Å². The van der Waals surface area contributed by atoms with E-state index in [-0.39, 0.29) is 11.9 Å². The molecule has 0 aromatic heterocycles. The molecule has 0 aromatic carbocycles. The van der Waals surface area contributed by atoms with Gasteiger partial charge in [0.1, 0.15) is 0 Å². The second-order valence-electron chi connectivity index (χ2n) is 2.95. The van der Waals surface area contributed by atoms with E-state index < -0.39 is 0 Å². The van der Waals surface area contributed by atoms with E-state index in [9.17, 15) is 4.79 Å². The summed E-state index contributed by atoms with van der Waals surface area (Å²) in [5.74, 6) is 0.545. The largest absolute Gasteiger partial charge is 0.377 e. The van der Waals surface area contributed by atoms with Crippen LogP contribution in [0, 0.1) is 0 Å². The Bertz CT molecular complexity index is 163. The van der Waals surface area contributed by atoms with Gasteiger partial charge in [-0.05, 0) is 6.92 Å². The lowest BCUT2D eigenvalue weighted by atomic mass is 10.2. The molecular weight excluding hydrogens is 178 g/mol. The minimum atomic E-state index is 0.140. The molecule has 1 aliphatic rings. The van der Waals surface area contributed by atoms with Crippen molar-refractivity contribution in [3.63, 3.8) is 0 Å². The quantitative estimate of drug-likeness (QED) is 0.606. The van der Waals surface area contributed by atoms with Gasteiger partial charge in [-0.1, -0.05) is 0 Å². The van der Waals surface area contributed by atoms with Gasteiger partial charge >= 0.3 is 0 Å². The molecule has 1 saturated heterocycles. The zero-order valence-corrected chi connectivity index (χ0v) is 8.01. The van der Waals surface area contributed by atoms with Gasteiger partial charge < -0.3 is 9.64 Å². The Balaban J connectivity index is 2.42. The van der Waals surface area contributed by atoms with Gasteiger partial charge in [-0.2, -0.15) is 0 Å². The summed E-state index contributed by atoms with van der Waals surface area (Å²) in [7, 11) is 0. The fourth-order valence-corrected chi connectivity index (χ4v) is 1.48. The Labute approximate surface area is 77.6 Å². The molecule has 1 aliphatic heterocycles. The Morgan fingerprint density at radius 1 is 1.75 bits per heavy atom. The number of rotatable bonds is 2. The summed E-state index contributed by atoms with van der Waals surface area (Å²) in [5.41, 5.74) is 0. The summed E-state index contributed by atoms with van der Waals surface area (Å²) in [6, 6.07) is 0.203. The Morgan fingerprint density at radius 2 is 2.50 bits per heavy atom. The third-order valence-electron chi connectivity index (χ3n) is 2.00.